The van der Waals surface area contributed by atoms with Crippen LogP contribution >= 0.6 is 11.8 Å². The minimum Gasteiger partial charge on any atom is -0.467 e. The molecular weight excluding hydrogens is 248 g/mol. The second kappa shape index (κ2) is 5.68. The summed E-state index contributed by atoms with van der Waals surface area (Å²) in [6, 6.07) is 8.55. The van der Waals surface area contributed by atoms with Crippen LogP contribution in [0.5, 0.6) is 6.01 Å². The van der Waals surface area contributed by atoms with Crippen molar-refractivity contribution < 1.29 is 4.74 Å². The van der Waals surface area contributed by atoms with Gasteiger partial charge in [-0.1, -0.05) is 41.6 Å². The second-order valence-electron chi connectivity index (χ2n) is 3.74. The van der Waals surface area contributed by atoms with Crippen LogP contribution in [0.15, 0.2) is 29.4 Å². The molecule has 0 saturated carbocycles. The minimum atomic E-state index is 0.175. The van der Waals surface area contributed by atoms with E-state index in [1.807, 2.05) is 6.07 Å². The van der Waals surface area contributed by atoms with Crippen LogP contribution in [0.3, 0.4) is 0 Å². The molecule has 0 aliphatic rings. The highest BCUT2D eigenvalue weighted by Gasteiger charge is 2.05. The number of aryl methyl sites for hydroxylation is 1. The summed E-state index contributed by atoms with van der Waals surface area (Å²) in [6.07, 6.45) is 0. The molecule has 18 heavy (non-hydrogen) atoms. The third kappa shape index (κ3) is 3.33. The van der Waals surface area contributed by atoms with Crippen molar-refractivity contribution >= 4 is 17.7 Å². The van der Waals surface area contributed by atoms with Crippen molar-refractivity contribution in [2.45, 2.75) is 17.8 Å². The van der Waals surface area contributed by atoms with E-state index in [1.54, 1.807) is 0 Å². The zero-order valence-corrected chi connectivity index (χ0v) is 11.1. The van der Waals surface area contributed by atoms with Crippen molar-refractivity contribution in [1.82, 2.24) is 15.0 Å². The first-order valence-electron chi connectivity index (χ1n) is 5.41. The number of nitrogen functional groups attached to an aromatic ring is 1. The third-order valence-electron chi connectivity index (χ3n) is 2.24. The molecule has 0 aliphatic carbocycles. The summed E-state index contributed by atoms with van der Waals surface area (Å²) in [6.45, 7) is 2.07. The molecule has 2 rings (SSSR count). The van der Waals surface area contributed by atoms with Crippen molar-refractivity contribution in [3.05, 3.63) is 35.4 Å². The summed E-state index contributed by atoms with van der Waals surface area (Å²) in [5, 5.41) is 0.570. The van der Waals surface area contributed by atoms with Gasteiger partial charge in [0, 0.05) is 5.75 Å². The molecule has 0 fully saturated rings. The number of rotatable bonds is 4. The smallest absolute Gasteiger partial charge is 0.321 e. The van der Waals surface area contributed by atoms with Crippen molar-refractivity contribution in [1.29, 1.82) is 0 Å². The molecule has 5 nitrogen and oxygen atoms in total. The summed E-state index contributed by atoms with van der Waals surface area (Å²) in [5.41, 5.74) is 8.03. The lowest BCUT2D eigenvalue weighted by Gasteiger charge is -2.04. The molecule has 2 N–H and O–H groups in total. The number of thioether (sulfide) groups is 1. The van der Waals surface area contributed by atoms with Crippen molar-refractivity contribution in [2.75, 3.05) is 12.8 Å². The van der Waals surface area contributed by atoms with Crippen molar-refractivity contribution in [3.8, 4) is 6.01 Å². The number of nitrogens with zero attached hydrogens (tertiary/aromatic N) is 3. The maximum absolute atomic E-state index is 5.57. The third-order valence-corrected chi connectivity index (χ3v) is 3.16. The highest BCUT2D eigenvalue weighted by Crippen LogP contribution is 2.21. The first-order chi connectivity index (χ1) is 8.67. The molecule has 1 aromatic heterocycles. The molecular formula is C12H14N4OS. The van der Waals surface area contributed by atoms with Crippen LogP contribution in [0.4, 0.5) is 5.95 Å². The van der Waals surface area contributed by atoms with Crippen LogP contribution in [-0.4, -0.2) is 22.1 Å². The molecule has 0 saturated heterocycles. The molecule has 0 amide bonds. The Morgan fingerprint density at radius 2 is 2.11 bits per heavy atom. The van der Waals surface area contributed by atoms with Gasteiger partial charge in [0.25, 0.3) is 0 Å². The van der Waals surface area contributed by atoms with Gasteiger partial charge >= 0.3 is 6.01 Å². The van der Waals surface area contributed by atoms with Gasteiger partial charge in [-0.25, -0.2) is 0 Å². The predicted molar refractivity (Wildman–Crippen MR) is 71.5 cm³/mol. The Kier molecular flexibility index (Phi) is 3.99. The highest BCUT2D eigenvalue weighted by molar-refractivity contribution is 7.98. The van der Waals surface area contributed by atoms with E-state index in [9.17, 15) is 0 Å². The lowest BCUT2D eigenvalue weighted by Crippen LogP contribution is -2.02. The lowest BCUT2D eigenvalue weighted by atomic mass is 10.2. The molecule has 94 valence electrons. The summed E-state index contributed by atoms with van der Waals surface area (Å²) in [4.78, 5) is 12.0. The van der Waals surface area contributed by atoms with Gasteiger partial charge < -0.3 is 10.5 Å². The van der Waals surface area contributed by atoms with Gasteiger partial charge in [-0.3, -0.25) is 0 Å². The largest absolute Gasteiger partial charge is 0.467 e. The predicted octanol–water partition coefficient (Wildman–Crippen LogP) is 2.06. The van der Waals surface area contributed by atoms with E-state index in [4.69, 9.17) is 10.5 Å². The molecule has 6 heteroatoms. The number of hydrogen-bond acceptors (Lipinski definition) is 6. The van der Waals surface area contributed by atoms with Crippen molar-refractivity contribution in [3.63, 3.8) is 0 Å². The Hall–Kier alpha value is -1.82. The average Bonchev–Trinajstić information content (AvgIpc) is 2.36. The zero-order valence-electron chi connectivity index (χ0n) is 10.3. The fraction of sp³-hybridized carbons (Fsp3) is 0.250. The molecule has 0 aliphatic heterocycles. The van der Waals surface area contributed by atoms with Crippen LogP contribution < -0.4 is 10.5 Å². The van der Waals surface area contributed by atoms with Gasteiger partial charge in [0.05, 0.1) is 7.11 Å². The van der Waals surface area contributed by atoms with E-state index in [0.29, 0.717) is 5.16 Å². The first kappa shape index (κ1) is 12.6. The maximum Gasteiger partial charge on any atom is 0.321 e. The standard InChI is InChI=1S/C12H14N4OS/c1-8-4-3-5-9(6-8)7-18-12-15-10(13)14-11(16-12)17-2/h3-6H,7H2,1-2H3,(H2,13,14,15,16). The van der Waals surface area contributed by atoms with E-state index >= 15 is 0 Å². The van der Waals surface area contributed by atoms with Gasteiger partial charge in [0.1, 0.15) is 0 Å². The summed E-state index contributed by atoms with van der Waals surface area (Å²) < 4.78 is 4.95. The fourth-order valence-electron chi connectivity index (χ4n) is 1.46. The molecule has 0 atom stereocenters. The molecule has 0 bridgehead atoms. The first-order valence-corrected chi connectivity index (χ1v) is 6.40. The number of methoxy groups -OCH3 is 1. The van der Waals surface area contributed by atoms with E-state index < -0.39 is 0 Å². The number of ether oxygens (including phenoxy) is 1. The molecule has 2 aromatic rings. The van der Waals surface area contributed by atoms with Crippen LogP contribution in [0, 0.1) is 6.92 Å². The van der Waals surface area contributed by atoms with Crippen LogP contribution in [0.2, 0.25) is 0 Å². The Morgan fingerprint density at radius 1 is 1.28 bits per heavy atom. The Labute approximate surface area is 110 Å². The Bertz CT molecular complexity index is 547. The summed E-state index contributed by atoms with van der Waals surface area (Å²) in [5.74, 6) is 0.961. The number of aromatic nitrogens is 3. The summed E-state index contributed by atoms with van der Waals surface area (Å²) in [7, 11) is 1.50. The van der Waals surface area contributed by atoms with Gasteiger partial charge in [-0.2, -0.15) is 15.0 Å². The number of benzene rings is 1. The van der Waals surface area contributed by atoms with Gasteiger partial charge in [0.2, 0.25) is 5.95 Å². The molecule has 1 heterocycles. The molecule has 1 aromatic carbocycles. The second-order valence-corrected chi connectivity index (χ2v) is 4.68. The van der Waals surface area contributed by atoms with E-state index in [0.717, 1.165) is 5.75 Å². The van der Waals surface area contributed by atoms with Crippen LogP contribution in [0.1, 0.15) is 11.1 Å². The molecule has 0 spiro atoms. The van der Waals surface area contributed by atoms with Gasteiger partial charge in [-0.05, 0) is 12.5 Å². The Balaban J connectivity index is 2.08. The minimum absolute atomic E-state index is 0.175. The number of nitrogens with two attached hydrogens (primary N) is 1. The van der Waals surface area contributed by atoms with Crippen LogP contribution in [-0.2, 0) is 5.75 Å². The lowest BCUT2D eigenvalue weighted by molar-refractivity contribution is 0.374. The molecule has 0 unspecified atom stereocenters. The number of hydrogen-bond donors (Lipinski definition) is 1. The van der Waals surface area contributed by atoms with E-state index in [-0.39, 0.29) is 12.0 Å². The maximum atomic E-state index is 5.57. The van der Waals surface area contributed by atoms with Gasteiger partial charge in [0.15, 0.2) is 5.16 Å². The van der Waals surface area contributed by atoms with Crippen LogP contribution in [0.25, 0.3) is 0 Å². The SMILES string of the molecule is COc1nc(N)nc(SCc2cccc(C)c2)n1. The zero-order chi connectivity index (χ0) is 13.0. The quantitative estimate of drug-likeness (QED) is 0.850. The normalized spacial score (nSPS) is 10.3. The van der Waals surface area contributed by atoms with Crippen molar-refractivity contribution in [2.24, 2.45) is 0 Å². The average molecular weight is 262 g/mol. The fourth-order valence-corrected chi connectivity index (χ4v) is 2.23. The molecule has 0 radical (unpaired) electrons. The summed E-state index contributed by atoms with van der Waals surface area (Å²) >= 11 is 1.50. The van der Waals surface area contributed by atoms with E-state index in [2.05, 4.69) is 40.1 Å². The van der Waals surface area contributed by atoms with E-state index in [1.165, 1.54) is 30.0 Å². The topological polar surface area (TPSA) is 73.9 Å². The van der Waals surface area contributed by atoms with Gasteiger partial charge in [-0.15, -0.1) is 0 Å². The monoisotopic (exact) mass is 262 g/mol. The highest BCUT2D eigenvalue weighted by atomic mass is 32.2. The number of anilines is 1. The Morgan fingerprint density at radius 3 is 2.83 bits per heavy atom.